The fraction of sp³-hybridized carbons (Fsp3) is 0.180. The molecule has 330 valence electrons. The minimum atomic E-state index is -0.864. The Kier molecular flexibility index (Phi) is 9.86. The highest BCUT2D eigenvalue weighted by molar-refractivity contribution is 6.14. The Morgan fingerprint density at radius 1 is 0.403 bits per heavy atom. The summed E-state index contributed by atoms with van der Waals surface area (Å²) >= 11 is 0. The minimum absolute atomic E-state index is 0.00780. The molecule has 0 atom stereocenters. The van der Waals surface area contributed by atoms with Crippen LogP contribution in [0.15, 0.2) is 191 Å². The summed E-state index contributed by atoms with van der Waals surface area (Å²) in [5.41, 5.74) is 16.8. The van der Waals surface area contributed by atoms with Crippen molar-refractivity contribution in [2.45, 2.75) is 71.6 Å². The molecule has 11 rings (SSSR count). The first-order chi connectivity index (χ1) is 32.3. The summed E-state index contributed by atoms with van der Waals surface area (Å²) in [6, 6.07) is 65.7. The van der Waals surface area contributed by atoms with Crippen molar-refractivity contribution < 1.29 is 8.83 Å². The fourth-order valence-corrected chi connectivity index (χ4v) is 10.3. The maximum Gasteiger partial charge on any atom is 0.192 e. The molecule has 6 heteroatoms. The van der Waals surface area contributed by atoms with Gasteiger partial charge in [-0.3, -0.25) is 0 Å². The van der Waals surface area contributed by atoms with E-state index in [-0.39, 0.29) is 10.8 Å². The Hall–Kier alpha value is -7.70. The highest BCUT2D eigenvalue weighted by Crippen LogP contribution is 2.63. The largest absolute Gasteiger partial charge is 0.440 e. The van der Waals surface area contributed by atoms with Crippen molar-refractivity contribution in [3.63, 3.8) is 0 Å². The average Bonchev–Trinajstić information content (AvgIpc) is 4.01. The second-order valence-corrected chi connectivity index (χ2v) is 19.9. The average molecular weight is 875 g/mol. The van der Waals surface area contributed by atoms with Crippen LogP contribution >= 0.6 is 0 Å². The number of aryl methyl sites for hydroxylation is 2. The Balaban J connectivity index is 1.29. The van der Waals surface area contributed by atoms with E-state index in [1.165, 1.54) is 11.1 Å². The first-order valence-corrected chi connectivity index (χ1v) is 23.2. The smallest absolute Gasteiger partial charge is 0.192 e. The van der Waals surface area contributed by atoms with Gasteiger partial charge in [0.1, 0.15) is 11.0 Å². The molecule has 0 amide bonds. The number of anilines is 6. The van der Waals surface area contributed by atoms with Gasteiger partial charge in [-0.1, -0.05) is 163 Å². The summed E-state index contributed by atoms with van der Waals surface area (Å²) in [5, 5.41) is 0. The Morgan fingerprint density at radius 3 is 1.04 bits per heavy atom. The molecule has 0 unspecified atom stereocenters. The molecular formula is C61H54N4O2. The van der Waals surface area contributed by atoms with Crippen LogP contribution in [0.2, 0.25) is 0 Å². The topological polar surface area (TPSA) is 58.5 Å². The zero-order valence-corrected chi connectivity index (χ0v) is 39.4. The van der Waals surface area contributed by atoms with E-state index in [0.717, 1.165) is 78.5 Å². The molecule has 10 aromatic rings. The Bertz CT molecular complexity index is 3180. The SMILES string of the molecule is Cc1nc2c(N(c3ccccc3)c3ccc(C(C)(C)C)cc3)cc3c(c2o1)-c1c(cc(N(c2ccccc2)c2ccc(C(C)(C)C)cc2)c2nc(C)oc12)C3(c1ccccc1)c1ccccc1. The van der Waals surface area contributed by atoms with Crippen molar-refractivity contribution in [2.75, 3.05) is 9.80 Å². The van der Waals surface area contributed by atoms with Crippen molar-refractivity contribution in [3.05, 3.63) is 227 Å². The zero-order chi connectivity index (χ0) is 46.2. The molecule has 1 aliphatic rings. The maximum absolute atomic E-state index is 6.96. The molecule has 0 saturated heterocycles. The zero-order valence-electron chi connectivity index (χ0n) is 39.4. The highest BCUT2D eigenvalue weighted by atomic mass is 16.4. The van der Waals surface area contributed by atoms with Crippen LogP contribution < -0.4 is 9.80 Å². The molecule has 0 radical (unpaired) electrons. The summed E-state index contributed by atoms with van der Waals surface area (Å²) in [4.78, 5) is 15.2. The molecule has 0 N–H and O–H groups in total. The second kappa shape index (κ2) is 15.7. The van der Waals surface area contributed by atoms with Gasteiger partial charge in [-0.15, -0.1) is 0 Å². The molecule has 0 saturated carbocycles. The van der Waals surface area contributed by atoms with Gasteiger partial charge in [0.25, 0.3) is 0 Å². The van der Waals surface area contributed by atoms with Crippen LogP contribution in [0.1, 0.15) is 86.7 Å². The van der Waals surface area contributed by atoms with E-state index in [0.29, 0.717) is 22.9 Å². The molecular weight excluding hydrogens is 821 g/mol. The number of fused-ring (bicyclic) bond motifs is 7. The maximum atomic E-state index is 6.96. The number of hydrogen-bond acceptors (Lipinski definition) is 6. The predicted molar refractivity (Wildman–Crippen MR) is 275 cm³/mol. The van der Waals surface area contributed by atoms with E-state index < -0.39 is 5.41 Å². The van der Waals surface area contributed by atoms with Crippen molar-refractivity contribution in [1.82, 2.24) is 9.97 Å². The molecule has 2 aromatic heterocycles. The van der Waals surface area contributed by atoms with E-state index in [1.807, 2.05) is 13.8 Å². The molecule has 67 heavy (non-hydrogen) atoms. The molecule has 0 spiro atoms. The number of aromatic nitrogens is 2. The van der Waals surface area contributed by atoms with Crippen molar-refractivity contribution in [1.29, 1.82) is 0 Å². The van der Waals surface area contributed by atoms with E-state index in [9.17, 15) is 0 Å². The quantitative estimate of drug-likeness (QED) is 0.152. The van der Waals surface area contributed by atoms with E-state index >= 15 is 0 Å². The summed E-state index contributed by atoms with van der Waals surface area (Å²) in [6.07, 6.45) is 0. The summed E-state index contributed by atoms with van der Waals surface area (Å²) in [7, 11) is 0. The fourth-order valence-electron chi connectivity index (χ4n) is 10.3. The third kappa shape index (κ3) is 6.85. The summed E-state index contributed by atoms with van der Waals surface area (Å²) in [5.74, 6) is 1.16. The van der Waals surface area contributed by atoms with Gasteiger partial charge in [-0.2, -0.15) is 0 Å². The third-order valence-electron chi connectivity index (χ3n) is 13.5. The Labute approximate surface area is 393 Å². The lowest BCUT2D eigenvalue weighted by atomic mass is 9.67. The van der Waals surface area contributed by atoms with Gasteiger partial charge in [0.2, 0.25) is 0 Å². The van der Waals surface area contributed by atoms with Gasteiger partial charge >= 0.3 is 0 Å². The van der Waals surface area contributed by atoms with Crippen molar-refractivity contribution in [2.24, 2.45) is 0 Å². The summed E-state index contributed by atoms with van der Waals surface area (Å²) < 4.78 is 13.9. The van der Waals surface area contributed by atoms with Crippen LogP contribution in [0.25, 0.3) is 33.3 Å². The standard InChI is InChI=1S/C61H54N4O2/c1-39-62-55-51(64(45-25-17-11-18-26-45)47-33-29-41(30-34-47)59(3,4)5)37-49-53(57(55)66-39)54-50(61(49,43-21-13-9-14-22-43)44-23-15-10-16-24-44)38-52(56-58(54)67-40(2)63-56)65(46-27-19-12-20-28-46)48-35-31-42(32-36-48)60(6,7)8/h9-38H,1-8H3. The number of benzene rings is 8. The van der Waals surface area contributed by atoms with Gasteiger partial charge in [0.15, 0.2) is 22.9 Å². The monoisotopic (exact) mass is 874 g/mol. The normalized spacial score (nSPS) is 13.2. The van der Waals surface area contributed by atoms with Gasteiger partial charge in [0.05, 0.1) is 16.8 Å². The molecule has 1 aliphatic carbocycles. The Morgan fingerprint density at radius 2 is 0.716 bits per heavy atom. The number of nitrogens with zero attached hydrogens (tertiary/aromatic N) is 4. The van der Waals surface area contributed by atoms with Crippen LogP contribution in [-0.4, -0.2) is 9.97 Å². The van der Waals surface area contributed by atoms with Crippen LogP contribution in [0.4, 0.5) is 34.1 Å². The van der Waals surface area contributed by atoms with Crippen molar-refractivity contribution in [3.8, 4) is 11.1 Å². The van der Waals surface area contributed by atoms with Gasteiger partial charge in [-0.05, 0) is 105 Å². The molecule has 6 nitrogen and oxygen atoms in total. The molecule has 0 fully saturated rings. The van der Waals surface area contributed by atoms with Crippen molar-refractivity contribution >= 4 is 56.3 Å². The lowest BCUT2D eigenvalue weighted by Gasteiger charge is -2.35. The second-order valence-electron chi connectivity index (χ2n) is 19.9. The molecule has 2 heterocycles. The van der Waals surface area contributed by atoms with Crippen LogP contribution in [-0.2, 0) is 16.2 Å². The third-order valence-corrected chi connectivity index (χ3v) is 13.5. The van der Waals surface area contributed by atoms with Crippen LogP contribution in [0.3, 0.4) is 0 Å². The predicted octanol–water partition coefficient (Wildman–Crippen LogP) is 16.5. The minimum Gasteiger partial charge on any atom is -0.440 e. The number of para-hydroxylation sites is 2. The van der Waals surface area contributed by atoms with Gasteiger partial charge in [-0.25, -0.2) is 9.97 Å². The number of oxazole rings is 2. The molecule has 8 aromatic carbocycles. The number of hydrogen-bond donors (Lipinski definition) is 0. The van der Waals surface area contributed by atoms with E-state index in [1.54, 1.807) is 0 Å². The van der Waals surface area contributed by atoms with Gasteiger partial charge < -0.3 is 18.6 Å². The first kappa shape index (κ1) is 42.0. The lowest BCUT2D eigenvalue weighted by molar-refractivity contribution is 0.558. The molecule has 0 aliphatic heterocycles. The first-order valence-electron chi connectivity index (χ1n) is 23.2. The highest BCUT2D eigenvalue weighted by Gasteiger charge is 2.50. The van der Waals surface area contributed by atoms with E-state index in [4.69, 9.17) is 18.8 Å². The lowest BCUT2D eigenvalue weighted by Crippen LogP contribution is -2.29. The summed E-state index contributed by atoms with van der Waals surface area (Å²) in [6.45, 7) is 17.4. The van der Waals surface area contributed by atoms with Crippen LogP contribution in [0.5, 0.6) is 0 Å². The van der Waals surface area contributed by atoms with Gasteiger partial charge in [0, 0.05) is 47.7 Å². The number of rotatable bonds is 8. The van der Waals surface area contributed by atoms with E-state index in [2.05, 4.69) is 233 Å². The van der Waals surface area contributed by atoms with Crippen LogP contribution in [0, 0.1) is 13.8 Å². The molecule has 0 bridgehead atoms.